The third-order valence-electron chi connectivity index (χ3n) is 4.88. The fraction of sp³-hybridized carbons (Fsp3) is 0.381. The van der Waals surface area contributed by atoms with Gasteiger partial charge in [-0.25, -0.2) is 4.74 Å². The second kappa shape index (κ2) is 8.53. The number of alkyl halides is 3. The lowest BCUT2D eigenvalue weighted by molar-refractivity contribution is -0.137. The zero-order valence-electron chi connectivity index (χ0n) is 17.9. The first-order valence-corrected chi connectivity index (χ1v) is 11.4. The fourth-order valence-corrected chi connectivity index (χ4v) is 6.96. The van der Waals surface area contributed by atoms with Crippen molar-refractivity contribution in [3.8, 4) is 0 Å². The number of hydrogen-bond donors (Lipinski definition) is 0. The average molecular weight is 437 g/mol. The van der Waals surface area contributed by atoms with Gasteiger partial charge in [0.25, 0.3) is 0 Å². The molecule has 162 valence electrons. The molecule has 0 radical (unpaired) electrons. The molecular weight excluding hydrogens is 410 g/mol. The van der Waals surface area contributed by atoms with Crippen LogP contribution in [0.3, 0.4) is 0 Å². The number of aryl methyl sites for hydroxylation is 1. The maximum atomic E-state index is 13.3. The summed E-state index contributed by atoms with van der Waals surface area (Å²) in [6.07, 6.45) is -3.54. The van der Waals surface area contributed by atoms with Crippen molar-refractivity contribution in [1.29, 1.82) is 0 Å². The van der Waals surface area contributed by atoms with Crippen molar-refractivity contribution in [2.45, 2.75) is 26.1 Å². The Bertz CT molecular complexity index is 1070. The Morgan fingerprint density at radius 3 is 2.27 bits per heavy atom. The van der Waals surface area contributed by atoms with Gasteiger partial charge in [0.05, 0.1) is 16.8 Å². The molecule has 0 spiro atoms. The highest BCUT2D eigenvalue weighted by molar-refractivity contribution is 7.69. The minimum atomic E-state index is -4.42. The highest BCUT2D eigenvalue weighted by atomic mass is 31.2. The van der Waals surface area contributed by atoms with Gasteiger partial charge in [-0.15, -0.1) is 0 Å². The lowest BCUT2D eigenvalue weighted by Gasteiger charge is -2.37. The van der Waals surface area contributed by atoms with Gasteiger partial charge >= 0.3 is 6.18 Å². The molecule has 30 heavy (non-hydrogen) atoms. The van der Waals surface area contributed by atoms with E-state index in [9.17, 15) is 13.2 Å². The van der Waals surface area contributed by atoms with Crippen LogP contribution < -0.4 is 5.44 Å². The zero-order valence-corrected chi connectivity index (χ0v) is 18.7. The van der Waals surface area contributed by atoms with E-state index in [1.807, 2.05) is 66.5 Å². The van der Waals surface area contributed by atoms with Crippen LogP contribution in [-0.4, -0.2) is 47.3 Å². The lowest BCUT2D eigenvalue weighted by Crippen LogP contribution is -2.33. The Balaban J connectivity index is 2.39. The molecule has 0 bridgehead atoms. The average Bonchev–Trinajstić information content (AvgIpc) is 3.04. The third-order valence-corrected chi connectivity index (χ3v) is 8.66. The van der Waals surface area contributed by atoms with E-state index >= 15 is 0 Å². The molecule has 0 saturated carbocycles. The molecule has 3 aromatic rings. The Hall–Kier alpha value is -2.15. The molecule has 0 unspecified atom stereocenters. The summed E-state index contributed by atoms with van der Waals surface area (Å²) in [5.74, 6) is 0. The van der Waals surface area contributed by atoms with Crippen LogP contribution in [0.5, 0.6) is 0 Å². The van der Waals surface area contributed by atoms with E-state index in [1.165, 1.54) is 6.07 Å². The standard InChI is InChI=1S/C21H27F3N5P/c1-6-14-29-20(18-12-7-8-13-19(18)25-29)30(27(2)3,28(4)5)26-17-11-9-10-16(15-17)21(22,23)24/h7-13,15H,6,14H2,1-5H3. The number of fused-ring (bicyclic) bond motifs is 1. The molecule has 2 aromatic carbocycles. The van der Waals surface area contributed by atoms with Crippen molar-refractivity contribution in [2.75, 3.05) is 28.2 Å². The smallest absolute Gasteiger partial charge is 0.260 e. The van der Waals surface area contributed by atoms with E-state index in [0.29, 0.717) is 12.2 Å². The summed E-state index contributed by atoms with van der Waals surface area (Å²) in [5, 5.41) is 5.75. The summed E-state index contributed by atoms with van der Waals surface area (Å²) in [6, 6.07) is 13.1. The molecule has 0 amide bonds. The molecule has 3 rings (SSSR count). The summed E-state index contributed by atoms with van der Waals surface area (Å²) in [5.41, 5.74) is 1.39. The molecule has 1 heterocycles. The number of nitrogens with zero attached hydrogens (tertiary/aromatic N) is 5. The molecule has 5 nitrogen and oxygen atoms in total. The minimum absolute atomic E-state index is 0.300. The summed E-state index contributed by atoms with van der Waals surface area (Å²) in [6.45, 7) is 2.77. The van der Waals surface area contributed by atoms with Gasteiger partial charge in [0, 0.05) is 11.9 Å². The molecule has 0 N–H and O–H groups in total. The van der Waals surface area contributed by atoms with Crippen molar-refractivity contribution >= 4 is 29.4 Å². The number of hydrogen-bond acceptors (Lipinski definition) is 2. The van der Waals surface area contributed by atoms with Crippen molar-refractivity contribution < 1.29 is 13.2 Å². The molecule has 0 aliphatic carbocycles. The summed E-state index contributed by atoms with van der Waals surface area (Å²) < 4.78 is 50.9. The van der Waals surface area contributed by atoms with Crippen LogP contribution in [0, 0.1) is 0 Å². The predicted octanol–water partition coefficient (Wildman–Crippen LogP) is 5.58. The number of benzene rings is 2. The van der Waals surface area contributed by atoms with E-state index in [2.05, 4.69) is 6.92 Å². The first-order chi connectivity index (χ1) is 14.1. The van der Waals surface area contributed by atoms with Gasteiger partial charge in [0.1, 0.15) is 12.8 Å². The van der Waals surface area contributed by atoms with Gasteiger partial charge in [-0.1, -0.05) is 31.2 Å². The molecule has 0 aliphatic heterocycles. The van der Waals surface area contributed by atoms with Crippen LogP contribution in [0.2, 0.25) is 0 Å². The Morgan fingerprint density at radius 2 is 1.67 bits per heavy atom. The van der Waals surface area contributed by atoms with Gasteiger partial charge in [-0.2, -0.15) is 18.3 Å². The van der Waals surface area contributed by atoms with Crippen molar-refractivity contribution in [3.05, 3.63) is 54.1 Å². The van der Waals surface area contributed by atoms with Crippen LogP contribution >= 0.6 is 7.36 Å². The van der Waals surface area contributed by atoms with Crippen molar-refractivity contribution in [1.82, 2.24) is 19.1 Å². The van der Waals surface area contributed by atoms with Gasteiger partial charge in [-0.05, 0) is 58.9 Å². The Morgan fingerprint density at radius 1 is 1.00 bits per heavy atom. The van der Waals surface area contributed by atoms with Crippen molar-refractivity contribution in [3.63, 3.8) is 0 Å². The van der Waals surface area contributed by atoms with Gasteiger partial charge in [0.2, 0.25) is 0 Å². The summed E-state index contributed by atoms with van der Waals surface area (Å²) in [7, 11) is 5.05. The lowest BCUT2D eigenvalue weighted by atomic mass is 10.2. The molecule has 9 heteroatoms. The van der Waals surface area contributed by atoms with E-state index in [4.69, 9.17) is 9.84 Å². The van der Waals surface area contributed by atoms with Crippen molar-refractivity contribution in [2.24, 2.45) is 4.74 Å². The predicted molar refractivity (Wildman–Crippen MR) is 117 cm³/mol. The van der Waals surface area contributed by atoms with Crippen LogP contribution in [0.25, 0.3) is 10.9 Å². The van der Waals surface area contributed by atoms with E-state index < -0.39 is 19.1 Å². The normalized spacial score (nSPS) is 12.9. The number of aromatic nitrogens is 2. The molecule has 0 fully saturated rings. The maximum Gasteiger partial charge on any atom is 0.416 e. The summed E-state index contributed by atoms with van der Waals surface area (Å²) >= 11 is 0. The van der Waals surface area contributed by atoms with E-state index in [-0.39, 0.29) is 0 Å². The van der Waals surface area contributed by atoms with Crippen LogP contribution in [0.1, 0.15) is 18.9 Å². The molecule has 1 aromatic heterocycles. The Kier molecular flexibility index (Phi) is 6.41. The van der Waals surface area contributed by atoms with E-state index in [0.717, 1.165) is 34.9 Å². The van der Waals surface area contributed by atoms with Crippen LogP contribution in [0.15, 0.2) is 53.3 Å². The quantitative estimate of drug-likeness (QED) is 0.473. The third kappa shape index (κ3) is 4.04. The molecule has 0 saturated heterocycles. The Labute approximate surface area is 175 Å². The van der Waals surface area contributed by atoms with Gasteiger partial charge in [-0.3, -0.25) is 14.0 Å². The first-order valence-electron chi connectivity index (χ1n) is 9.72. The molecule has 0 atom stereocenters. The maximum absolute atomic E-state index is 13.3. The monoisotopic (exact) mass is 437 g/mol. The second-order valence-electron chi connectivity index (χ2n) is 7.47. The van der Waals surface area contributed by atoms with Crippen LogP contribution in [-0.2, 0) is 12.7 Å². The highest BCUT2D eigenvalue weighted by Gasteiger charge is 2.35. The molecule has 0 aliphatic rings. The fourth-order valence-electron chi connectivity index (χ4n) is 3.62. The highest BCUT2D eigenvalue weighted by Crippen LogP contribution is 2.55. The minimum Gasteiger partial charge on any atom is -0.260 e. The molecular formula is C21H27F3N5P. The van der Waals surface area contributed by atoms with Gasteiger partial charge in [0.15, 0.2) is 0 Å². The summed E-state index contributed by atoms with van der Waals surface area (Å²) in [4.78, 5) is 0. The number of halogens is 3. The first kappa shape index (κ1) is 22.5. The largest absolute Gasteiger partial charge is 0.416 e. The zero-order chi connectivity index (χ0) is 22.1. The van der Waals surface area contributed by atoms with Crippen LogP contribution in [0.4, 0.5) is 18.9 Å². The number of rotatable bonds is 6. The SMILES string of the molecule is CCCn1nc2ccccc2c1P(=Nc1cccc(C(F)(F)F)c1)(N(C)C)N(C)C. The second-order valence-corrected chi connectivity index (χ2v) is 10.8. The van der Waals surface area contributed by atoms with E-state index in [1.54, 1.807) is 6.07 Å². The van der Waals surface area contributed by atoms with Gasteiger partial charge < -0.3 is 0 Å². The topological polar surface area (TPSA) is 36.7 Å².